The Hall–Kier alpha value is -2.60. The van der Waals surface area contributed by atoms with Gasteiger partial charge in [0.05, 0.1) is 16.8 Å². The summed E-state index contributed by atoms with van der Waals surface area (Å²) in [6, 6.07) is 13.7. The van der Waals surface area contributed by atoms with E-state index in [9.17, 15) is 4.79 Å². The smallest absolute Gasteiger partial charge is 0.226 e. The van der Waals surface area contributed by atoms with Crippen LogP contribution in [0.15, 0.2) is 66.0 Å². The molecule has 1 amide bonds. The van der Waals surface area contributed by atoms with E-state index in [2.05, 4.69) is 15.4 Å². The van der Waals surface area contributed by atoms with Gasteiger partial charge >= 0.3 is 0 Å². The summed E-state index contributed by atoms with van der Waals surface area (Å²) in [6.07, 6.45) is 7.65. The molecule has 0 radical (unpaired) electrons. The standard InChI is InChI=1S/C19H20N4OS/c1-14(15-8-10-20-11-9-15)12-18(24)22-19-17(25-2)13-21-23(19)16-6-4-3-5-7-16/h3-11,13-14H,12H2,1-2H3,(H,22,24)/t14-/m0/s1. The SMILES string of the molecule is CSc1cnn(-c2ccccc2)c1NC(=O)C[C@H](C)c1ccncc1. The molecule has 2 aromatic heterocycles. The summed E-state index contributed by atoms with van der Waals surface area (Å²) in [5, 5.41) is 7.45. The normalized spacial score (nSPS) is 11.9. The zero-order valence-corrected chi connectivity index (χ0v) is 15.0. The second kappa shape index (κ2) is 7.98. The molecule has 0 spiro atoms. The number of para-hydroxylation sites is 1. The summed E-state index contributed by atoms with van der Waals surface area (Å²) >= 11 is 1.56. The molecule has 128 valence electrons. The number of amides is 1. The third-order valence-electron chi connectivity index (χ3n) is 3.98. The predicted octanol–water partition coefficient (Wildman–Crippen LogP) is 4.12. The lowest BCUT2D eigenvalue weighted by Crippen LogP contribution is -2.17. The van der Waals surface area contributed by atoms with Gasteiger partial charge in [-0.1, -0.05) is 25.1 Å². The van der Waals surface area contributed by atoms with Crippen molar-refractivity contribution in [3.8, 4) is 5.69 Å². The number of nitrogens with zero attached hydrogens (tertiary/aromatic N) is 3. The van der Waals surface area contributed by atoms with E-state index in [0.29, 0.717) is 12.2 Å². The van der Waals surface area contributed by atoms with Crippen LogP contribution in [-0.2, 0) is 4.79 Å². The molecule has 3 aromatic rings. The van der Waals surface area contributed by atoms with Gasteiger partial charge < -0.3 is 5.32 Å². The van der Waals surface area contributed by atoms with Gasteiger partial charge in [0.1, 0.15) is 5.82 Å². The molecule has 1 aromatic carbocycles. The Balaban J connectivity index is 1.78. The lowest BCUT2D eigenvalue weighted by atomic mass is 9.99. The van der Waals surface area contributed by atoms with Crippen LogP contribution in [0.3, 0.4) is 0 Å². The largest absolute Gasteiger partial charge is 0.310 e. The van der Waals surface area contributed by atoms with E-state index in [1.165, 1.54) is 0 Å². The molecule has 0 saturated heterocycles. The zero-order valence-electron chi connectivity index (χ0n) is 14.2. The van der Waals surface area contributed by atoms with E-state index in [-0.39, 0.29) is 11.8 Å². The fourth-order valence-electron chi connectivity index (χ4n) is 2.63. The van der Waals surface area contributed by atoms with Crippen LogP contribution in [0.1, 0.15) is 24.8 Å². The number of rotatable bonds is 6. The second-order valence-electron chi connectivity index (χ2n) is 5.74. The van der Waals surface area contributed by atoms with Gasteiger partial charge in [-0.15, -0.1) is 11.8 Å². The van der Waals surface area contributed by atoms with Crippen LogP contribution in [0.2, 0.25) is 0 Å². The molecule has 0 saturated carbocycles. The first kappa shape index (κ1) is 17.2. The highest BCUT2D eigenvalue weighted by Crippen LogP contribution is 2.28. The summed E-state index contributed by atoms with van der Waals surface area (Å²) in [5.74, 6) is 0.803. The van der Waals surface area contributed by atoms with Gasteiger partial charge in [0.2, 0.25) is 5.91 Å². The first-order valence-corrected chi connectivity index (χ1v) is 9.28. The molecule has 0 aliphatic heterocycles. The van der Waals surface area contributed by atoms with Crippen LogP contribution >= 0.6 is 11.8 Å². The molecule has 25 heavy (non-hydrogen) atoms. The molecular formula is C19H20N4OS. The van der Waals surface area contributed by atoms with Crippen LogP contribution in [0.5, 0.6) is 0 Å². The van der Waals surface area contributed by atoms with Crippen molar-refractivity contribution in [1.29, 1.82) is 0 Å². The fraction of sp³-hybridized carbons (Fsp3) is 0.211. The van der Waals surface area contributed by atoms with Crippen LogP contribution in [-0.4, -0.2) is 26.9 Å². The molecule has 3 rings (SSSR count). The summed E-state index contributed by atoms with van der Waals surface area (Å²) in [5.41, 5.74) is 2.02. The molecule has 0 aliphatic rings. The van der Waals surface area contributed by atoms with Crippen molar-refractivity contribution >= 4 is 23.5 Å². The average Bonchev–Trinajstić information content (AvgIpc) is 3.05. The van der Waals surface area contributed by atoms with Crippen LogP contribution < -0.4 is 5.32 Å². The number of hydrogen-bond donors (Lipinski definition) is 1. The first-order valence-electron chi connectivity index (χ1n) is 8.06. The molecule has 0 unspecified atom stereocenters. The lowest BCUT2D eigenvalue weighted by molar-refractivity contribution is -0.116. The highest BCUT2D eigenvalue weighted by molar-refractivity contribution is 7.98. The Kier molecular flexibility index (Phi) is 5.50. The monoisotopic (exact) mass is 352 g/mol. The number of benzene rings is 1. The van der Waals surface area contributed by atoms with Crippen LogP contribution in [0, 0.1) is 0 Å². The number of thioether (sulfide) groups is 1. The molecule has 1 atom stereocenters. The molecule has 2 heterocycles. The number of pyridine rings is 1. The van der Waals surface area contributed by atoms with Crippen molar-refractivity contribution in [3.63, 3.8) is 0 Å². The summed E-state index contributed by atoms with van der Waals surface area (Å²) < 4.78 is 1.76. The summed E-state index contributed by atoms with van der Waals surface area (Å²) in [6.45, 7) is 2.04. The predicted molar refractivity (Wildman–Crippen MR) is 101 cm³/mol. The fourth-order valence-corrected chi connectivity index (χ4v) is 3.12. The average molecular weight is 352 g/mol. The molecule has 5 nitrogen and oxygen atoms in total. The Morgan fingerprint density at radius 3 is 2.60 bits per heavy atom. The minimum Gasteiger partial charge on any atom is -0.310 e. The van der Waals surface area contributed by atoms with Gasteiger partial charge in [-0.25, -0.2) is 4.68 Å². The summed E-state index contributed by atoms with van der Waals surface area (Å²) in [7, 11) is 0. The Labute approximate surface area is 151 Å². The maximum absolute atomic E-state index is 12.6. The molecule has 1 N–H and O–H groups in total. The highest BCUT2D eigenvalue weighted by atomic mass is 32.2. The lowest BCUT2D eigenvalue weighted by Gasteiger charge is -2.14. The summed E-state index contributed by atoms with van der Waals surface area (Å²) in [4.78, 5) is 17.5. The zero-order chi connectivity index (χ0) is 17.6. The quantitative estimate of drug-likeness (QED) is 0.678. The van der Waals surface area contributed by atoms with E-state index in [1.54, 1.807) is 35.0 Å². The molecule has 0 aliphatic carbocycles. The number of nitrogens with one attached hydrogen (secondary N) is 1. The number of aromatic nitrogens is 3. The van der Waals surface area contributed by atoms with Crippen molar-refractivity contribution in [2.75, 3.05) is 11.6 Å². The minimum absolute atomic E-state index is 0.0303. The van der Waals surface area contributed by atoms with Crippen molar-refractivity contribution in [2.45, 2.75) is 24.2 Å². The van der Waals surface area contributed by atoms with Crippen molar-refractivity contribution < 1.29 is 4.79 Å². The Morgan fingerprint density at radius 1 is 1.20 bits per heavy atom. The van der Waals surface area contributed by atoms with Crippen LogP contribution in [0.4, 0.5) is 5.82 Å². The topological polar surface area (TPSA) is 59.8 Å². The third kappa shape index (κ3) is 4.09. The van der Waals surface area contributed by atoms with Gasteiger partial charge in [-0.05, 0) is 42.0 Å². The Morgan fingerprint density at radius 2 is 1.92 bits per heavy atom. The number of carbonyl (C=O) groups is 1. The second-order valence-corrected chi connectivity index (χ2v) is 6.59. The van der Waals surface area contributed by atoms with E-state index in [0.717, 1.165) is 16.1 Å². The first-order chi connectivity index (χ1) is 12.2. The van der Waals surface area contributed by atoms with Gasteiger partial charge in [0.25, 0.3) is 0 Å². The highest BCUT2D eigenvalue weighted by Gasteiger charge is 2.17. The van der Waals surface area contributed by atoms with Crippen molar-refractivity contribution in [3.05, 3.63) is 66.6 Å². The van der Waals surface area contributed by atoms with E-state index < -0.39 is 0 Å². The van der Waals surface area contributed by atoms with Crippen molar-refractivity contribution in [1.82, 2.24) is 14.8 Å². The molecule has 0 fully saturated rings. The van der Waals surface area contributed by atoms with Gasteiger partial charge in [-0.2, -0.15) is 5.10 Å². The maximum Gasteiger partial charge on any atom is 0.226 e. The maximum atomic E-state index is 12.6. The third-order valence-corrected chi connectivity index (χ3v) is 4.72. The molecular weight excluding hydrogens is 332 g/mol. The van der Waals surface area contributed by atoms with E-state index in [1.807, 2.05) is 55.6 Å². The minimum atomic E-state index is -0.0303. The number of carbonyl (C=O) groups excluding carboxylic acids is 1. The Bertz CT molecular complexity index is 833. The van der Waals surface area contributed by atoms with Crippen LogP contribution in [0.25, 0.3) is 5.69 Å². The van der Waals surface area contributed by atoms with Crippen molar-refractivity contribution in [2.24, 2.45) is 0 Å². The number of anilines is 1. The number of hydrogen-bond acceptors (Lipinski definition) is 4. The van der Waals surface area contributed by atoms with E-state index >= 15 is 0 Å². The van der Waals surface area contributed by atoms with Gasteiger partial charge in [0.15, 0.2) is 0 Å². The molecule has 6 heteroatoms. The van der Waals surface area contributed by atoms with E-state index in [4.69, 9.17) is 0 Å². The molecule has 0 bridgehead atoms. The van der Waals surface area contributed by atoms with Gasteiger partial charge in [-0.3, -0.25) is 9.78 Å². The van der Waals surface area contributed by atoms with Gasteiger partial charge in [0, 0.05) is 18.8 Å².